The minimum absolute atomic E-state index is 0.618. The Labute approximate surface area is 117 Å². The molecule has 2 rings (SSSR count). The van der Waals surface area contributed by atoms with E-state index in [1.807, 2.05) is 50.3 Å². The fourth-order valence-electron chi connectivity index (χ4n) is 2.34. The molecular weight excluding hydrogens is 238 g/mol. The highest BCUT2D eigenvalue weighted by Crippen LogP contribution is 2.37. The van der Waals surface area contributed by atoms with E-state index in [4.69, 9.17) is 4.74 Å². The van der Waals surface area contributed by atoms with Gasteiger partial charge in [0.25, 0.3) is 0 Å². The minimum atomic E-state index is -0.618. The molecule has 0 bridgehead atoms. The lowest BCUT2D eigenvalue weighted by Gasteiger charge is -2.32. The minimum Gasteiger partial charge on any atom is -0.497 e. The summed E-state index contributed by atoms with van der Waals surface area (Å²) in [5.41, 5.74) is 0.383. The van der Waals surface area contributed by atoms with Gasteiger partial charge in [0.15, 0.2) is 0 Å². The standard InChI is InChI=1S/C13H18O2.C3H9N/c1-15-12-7-5-6-11(10-12)13(14)8-3-2-4-9-13;1-4(2)3/h5-7,10,14H,2-4,8-9H2,1H3;1-3H3. The Hall–Kier alpha value is -1.06. The van der Waals surface area contributed by atoms with E-state index >= 15 is 0 Å². The van der Waals surface area contributed by atoms with Crippen molar-refractivity contribution in [3.05, 3.63) is 29.8 Å². The second kappa shape index (κ2) is 7.51. The molecule has 0 atom stereocenters. The van der Waals surface area contributed by atoms with E-state index in [9.17, 15) is 5.11 Å². The first-order chi connectivity index (χ1) is 8.98. The van der Waals surface area contributed by atoms with Crippen LogP contribution in [0.1, 0.15) is 37.7 Å². The summed E-state index contributed by atoms with van der Waals surface area (Å²) in [5, 5.41) is 10.5. The van der Waals surface area contributed by atoms with Crippen molar-refractivity contribution in [1.29, 1.82) is 0 Å². The van der Waals surface area contributed by atoms with E-state index < -0.39 is 5.60 Å². The molecule has 0 aliphatic heterocycles. The summed E-state index contributed by atoms with van der Waals surface area (Å²) in [6.07, 6.45) is 5.23. The summed E-state index contributed by atoms with van der Waals surface area (Å²) in [5.74, 6) is 0.825. The summed E-state index contributed by atoms with van der Waals surface area (Å²) in [4.78, 5) is 2.00. The number of rotatable bonds is 2. The van der Waals surface area contributed by atoms with Crippen molar-refractivity contribution >= 4 is 0 Å². The van der Waals surface area contributed by atoms with Gasteiger partial charge >= 0.3 is 0 Å². The molecule has 108 valence electrons. The van der Waals surface area contributed by atoms with Gasteiger partial charge in [-0.1, -0.05) is 31.4 Å². The monoisotopic (exact) mass is 265 g/mol. The Morgan fingerprint density at radius 1 is 1.11 bits per heavy atom. The molecule has 3 heteroatoms. The van der Waals surface area contributed by atoms with E-state index in [1.165, 1.54) is 6.42 Å². The molecule has 19 heavy (non-hydrogen) atoms. The van der Waals surface area contributed by atoms with Gasteiger partial charge in [-0.05, 0) is 51.7 Å². The molecular formula is C16H27NO2. The lowest BCUT2D eigenvalue weighted by molar-refractivity contribution is -0.000788. The molecule has 1 N–H and O–H groups in total. The summed E-state index contributed by atoms with van der Waals surface area (Å²) in [7, 11) is 7.66. The Balaban J connectivity index is 0.000000399. The summed E-state index contributed by atoms with van der Waals surface area (Å²) < 4.78 is 5.18. The number of benzene rings is 1. The van der Waals surface area contributed by atoms with Crippen LogP contribution < -0.4 is 4.74 Å². The molecule has 0 radical (unpaired) electrons. The first kappa shape index (κ1) is 16.0. The topological polar surface area (TPSA) is 32.7 Å². The third-order valence-electron chi connectivity index (χ3n) is 3.29. The van der Waals surface area contributed by atoms with Crippen LogP contribution in [-0.2, 0) is 5.60 Å². The van der Waals surface area contributed by atoms with Crippen LogP contribution >= 0.6 is 0 Å². The van der Waals surface area contributed by atoms with E-state index in [1.54, 1.807) is 7.11 Å². The number of aliphatic hydroxyl groups is 1. The third-order valence-corrected chi connectivity index (χ3v) is 3.29. The zero-order chi connectivity index (χ0) is 14.3. The van der Waals surface area contributed by atoms with Crippen LogP contribution in [0.3, 0.4) is 0 Å². The predicted octanol–water partition coefficient (Wildman–Crippen LogP) is 3.02. The van der Waals surface area contributed by atoms with Gasteiger partial charge in [-0.3, -0.25) is 0 Å². The van der Waals surface area contributed by atoms with Gasteiger partial charge in [-0.25, -0.2) is 0 Å². The Kier molecular flexibility index (Phi) is 6.32. The molecule has 0 saturated heterocycles. The van der Waals surface area contributed by atoms with Crippen molar-refractivity contribution in [2.75, 3.05) is 28.3 Å². The Morgan fingerprint density at radius 2 is 1.68 bits per heavy atom. The molecule has 0 aromatic heterocycles. The number of nitrogens with zero attached hydrogens (tertiary/aromatic N) is 1. The largest absolute Gasteiger partial charge is 0.497 e. The summed E-state index contributed by atoms with van der Waals surface area (Å²) >= 11 is 0. The van der Waals surface area contributed by atoms with Crippen molar-refractivity contribution in [1.82, 2.24) is 4.90 Å². The Bertz CT molecular complexity index is 368. The molecule has 1 aliphatic rings. The van der Waals surface area contributed by atoms with Gasteiger partial charge in [-0.15, -0.1) is 0 Å². The van der Waals surface area contributed by atoms with Crippen LogP contribution in [0.15, 0.2) is 24.3 Å². The molecule has 1 aliphatic carbocycles. The zero-order valence-electron chi connectivity index (χ0n) is 12.6. The van der Waals surface area contributed by atoms with Crippen LogP contribution in [0.4, 0.5) is 0 Å². The number of hydrogen-bond donors (Lipinski definition) is 1. The fraction of sp³-hybridized carbons (Fsp3) is 0.625. The number of methoxy groups -OCH3 is 1. The zero-order valence-corrected chi connectivity index (χ0v) is 12.6. The molecule has 1 aromatic rings. The van der Waals surface area contributed by atoms with E-state index in [2.05, 4.69) is 0 Å². The lowest BCUT2D eigenvalue weighted by Crippen LogP contribution is -2.28. The van der Waals surface area contributed by atoms with Crippen molar-refractivity contribution in [2.45, 2.75) is 37.7 Å². The molecule has 0 spiro atoms. The molecule has 0 amide bonds. The van der Waals surface area contributed by atoms with E-state index in [0.717, 1.165) is 37.0 Å². The molecule has 0 heterocycles. The third kappa shape index (κ3) is 5.21. The average Bonchev–Trinajstić information content (AvgIpc) is 2.39. The molecule has 1 fully saturated rings. The second-order valence-corrected chi connectivity index (χ2v) is 5.67. The number of hydrogen-bond acceptors (Lipinski definition) is 3. The van der Waals surface area contributed by atoms with Crippen molar-refractivity contribution < 1.29 is 9.84 Å². The van der Waals surface area contributed by atoms with Gasteiger partial charge in [0.1, 0.15) is 5.75 Å². The van der Waals surface area contributed by atoms with Crippen LogP contribution in [0.25, 0.3) is 0 Å². The maximum atomic E-state index is 10.5. The van der Waals surface area contributed by atoms with E-state index in [0.29, 0.717) is 0 Å². The molecule has 1 saturated carbocycles. The molecule has 3 nitrogen and oxygen atoms in total. The highest BCUT2D eigenvalue weighted by Gasteiger charge is 2.31. The van der Waals surface area contributed by atoms with Crippen molar-refractivity contribution in [3.8, 4) is 5.75 Å². The highest BCUT2D eigenvalue weighted by molar-refractivity contribution is 5.32. The van der Waals surface area contributed by atoms with Crippen LogP contribution in [0.5, 0.6) is 5.75 Å². The summed E-state index contributed by atoms with van der Waals surface area (Å²) in [6.45, 7) is 0. The van der Waals surface area contributed by atoms with Gasteiger partial charge in [0, 0.05) is 0 Å². The van der Waals surface area contributed by atoms with Gasteiger partial charge < -0.3 is 14.7 Å². The van der Waals surface area contributed by atoms with Gasteiger partial charge in [0.05, 0.1) is 12.7 Å². The first-order valence-electron chi connectivity index (χ1n) is 6.96. The van der Waals surface area contributed by atoms with Gasteiger partial charge in [0.2, 0.25) is 0 Å². The fourth-order valence-corrected chi connectivity index (χ4v) is 2.34. The first-order valence-corrected chi connectivity index (χ1v) is 6.96. The normalized spacial score (nSPS) is 17.6. The number of ether oxygens (including phenoxy) is 1. The maximum Gasteiger partial charge on any atom is 0.119 e. The van der Waals surface area contributed by atoms with Crippen LogP contribution in [0.2, 0.25) is 0 Å². The van der Waals surface area contributed by atoms with Crippen LogP contribution in [0, 0.1) is 0 Å². The summed E-state index contributed by atoms with van der Waals surface area (Å²) in [6, 6.07) is 7.80. The molecule has 0 unspecified atom stereocenters. The second-order valence-electron chi connectivity index (χ2n) is 5.67. The average molecular weight is 265 g/mol. The lowest BCUT2D eigenvalue weighted by atomic mass is 9.80. The maximum absolute atomic E-state index is 10.5. The van der Waals surface area contributed by atoms with Crippen molar-refractivity contribution in [3.63, 3.8) is 0 Å². The highest BCUT2D eigenvalue weighted by atomic mass is 16.5. The Morgan fingerprint density at radius 3 is 2.21 bits per heavy atom. The predicted molar refractivity (Wildman–Crippen MR) is 79.6 cm³/mol. The van der Waals surface area contributed by atoms with Crippen LogP contribution in [-0.4, -0.2) is 38.3 Å². The van der Waals surface area contributed by atoms with Gasteiger partial charge in [-0.2, -0.15) is 0 Å². The molecule has 1 aromatic carbocycles. The SMILES string of the molecule is CN(C)C.COc1cccc(C2(O)CCCCC2)c1. The quantitative estimate of drug-likeness (QED) is 0.892. The smallest absolute Gasteiger partial charge is 0.119 e. The van der Waals surface area contributed by atoms with E-state index in [-0.39, 0.29) is 0 Å². The van der Waals surface area contributed by atoms with Crippen molar-refractivity contribution in [2.24, 2.45) is 0 Å².